The van der Waals surface area contributed by atoms with Crippen LogP contribution in [0.25, 0.3) is 0 Å². The van der Waals surface area contributed by atoms with Gasteiger partial charge in [-0.3, -0.25) is 4.79 Å². The zero-order chi connectivity index (χ0) is 11.4. The summed E-state index contributed by atoms with van der Waals surface area (Å²) in [6, 6.07) is 0.201. The molecule has 1 heterocycles. The lowest BCUT2D eigenvalue weighted by Gasteiger charge is -2.37. The summed E-state index contributed by atoms with van der Waals surface area (Å²) in [4.78, 5) is 14.1. The highest BCUT2D eigenvalue weighted by Gasteiger charge is 2.30. The Morgan fingerprint density at radius 1 is 1.53 bits per heavy atom. The van der Waals surface area contributed by atoms with E-state index in [1.54, 1.807) is 0 Å². The molecule has 0 aromatic rings. The molecule has 2 atom stereocenters. The first-order chi connectivity index (χ1) is 7.07. The maximum atomic E-state index is 12.2. The largest absolute Gasteiger partial charge is 0.377 e. The van der Waals surface area contributed by atoms with Gasteiger partial charge in [0.05, 0.1) is 19.3 Å². The van der Waals surface area contributed by atoms with Crippen molar-refractivity contribution in [1.29, 1.82) is 0 Å². The predicted molar refractivity (Wildman–Crippen MR) is 64.1 cm³/mol. The van der Waals surface area contributed by atoms with Crippen molar-refractivity contribution in [2.24, 2.45) is 11.8 Å². The minimum absolute atomic E-state index is 0.102. The van der Waals surface area contributed by atoms with Crippen molar-refractivity contribution in [2.45, 2.75) is 26.8 Å². The van der Waals surface area contributed by atoms with Crippen molar-refractivity contribution in [2.75, 3.05) is 25.1 Å². The number of rotatable bonds is 3. The Bertz CT molecular complexity index is 221. The third-order valence-corrected chi connectivity index (χ3v) is 3.83. The molecule has 0 aromatic carbocycles. The van der Waals surface area contributed by atoms with Crippen LogP contribution in [0.4, 0.5) is 0 Å². The molecular weight excluding hydrogens is 258 g/mol. The lowest BCUT2D eigenvalue weighted by molar-refractivity contribution is -0.144. The van der Waals surface area contributed by atoms with Crippen LogP contribution in [0, 0.1) is 11.8 Å². The molecule has 0 bridgehead atoms. The topological polar surface area (TPSA) is 29.5 Å². The van der Waals surface area contributed by atoms with Crippen LogP contribution in [-0.2, 0) is 9.53 Å². The van der Waals surface area contributed by atoms with Crippen LogP contribution >= 0.6 is 15.9 Å². The van der Waals surface area contributed by atoms with Gasteiger partial charge in [0.25, 0.3) is 0 Å². The van der Waals surface area contributed by atoms with E-state index >= 15 is 0 Å². The SMILES string of the molecule is CC(C)C(C)C(=O)N1CCOCC1CBr. The van der Waals surface area contributed by atoms with Crippen molar-refractivity contribution in [1.82, 2.24) is 4.90 Å². The van der Waals surface area contributed by atoms with E-state index in [1.807, 2.05) is 11.8 Å². The van der Waals surface area contributed by atoms with Gasteiger partial charge in [-0.25, -0.2) is 0 Å². The zero-order valence-corrected chi connectivity index (χ0v) is 11.3. The summed E-state index contributed by atoms with van der Waals surface area (Å²) in [5.41, 5.74) is 0. The van der Waals surface area contributed by atoms with E-state index in [4.69, 9.17) is 4.74 Å². The van der Waals surface area contributed by atoms with Gasteiger partial charge < -0.3 is 9.64 Å². The quantitative estimate of drug-likeness (QED) is 0.738. The van der Waals surface area contributed by atoms with E-state index in [-0.39, 0.29) is 17.9 Å². The van der Waals surface area contributed by atoms with E-state index < -0.39 is 0 Å². The predicted octanol–water partition coefficient (Wildman–Crippen LogP) is 1.90. The van der Waals surface area contributed by atoms with Gasteiger partial charge in [-0.2, -0.15) is 0 Å². The lowest BCUT2D eigenvalue weighted by Crippen LogP contribution is -2.51. The molecule has 1 aliphatic heterocycles. The summed E-state index contributed by atoms with van der Waals surface area (Å²) in [5.74, 6) is 0.763. The number of hydrogen-bond acceptors (Lipinski definition) is 2. The van der Waals surface area contributed by atoms with Crippen LogP contribution in [0.1, 0.15) is 20.8 Å². The van der Waals surface area contributed by atoms with Gasteiger partial charge in [-0.05, 0) is 5.92 Å². The molecule has 2 unspecified atom stereocenters. The minimum atomic E-state index is 0.102. The normalized spacial score (nSPS) is 24.3. The van der Waals surface area contributed by atoms with Gasteiger partial charge in [-0.15, -0.1) is 0 Å². The number of halogens is 1. The summed E-state index contributed by atoms with van der Waals surface area (Å²) in [6.07, 6.45) is 0. The Hall–Kier alpha value is -0.0900. The standard InChI is InChI=1S/C11H20BrNO2/c1-8(2)9(3)11(14)13-4-5-15-7-10(13)6-12/h8-10H,4-7H2,1-3H3. The highest BCUT2D eigenvalue weighted by molar-refractivity contribution is 9.09. The van der Waals surface area contributed by atoms with E-state index in [2.05, 4.69) is 29.8 Å². The van der Waals surface area contributed by atoms with E-state index in [0.29, 0.717) is 19.1 Å². The molecule has 0 spiro atoms. The molecule has 0 saturated carbocycles. The van der Waals surface area contributed by atoms with Crippen LogP contribution in [0.2, 0.25) is 0 Å². The summed E-state index contributed by atoms with van der Waals surface area (Å²) in [6.45, 7) is 8.24. The third-order valence-electron chi connectivity index (χ3n) is 3.08. The highest BCUT2D eigenvalue weighted by Crippen LogP contribution is 2.18. The summed E-state index contributed by atoms with van der Waals surface area (Å²) < 4.78 is 5.37. The van der Waals surface area contributed by atoms with Gasteiger partial charge in [0, 0.05) is 17.8 Å². The number of morpholine rings is 1. The molecule has 1 amide bonds. The molecule has 0 N–H and O–H groups in total. The van der Waals surface area contributed by atoms with Gasteiger partial charge in [0.2, 0.25) is 5.91 Å². The van der Waals surface area contributed by atoms with E-state index in [0.717, 1.165) is 11.9 Å². The molecule has 0 radical (unpaired) electrons. The first-order valence-corrected chi connectivity index (χ1v) is 6.64. The number of carbonyl (C=O) groups is 1. The second-order valence-corrected chi connectivity index (χ2v) is 5.09. The summed E-state index contributed by atoms with van der Waals surface area (Å²) >= 11 is 3.43. The summed E-state index contributed by atoms with van der Waals surface area (Å²) in [5, 5.41) is 0.795. The second kappa shape index (κ2) is 5.85. The molecule has 1 fully saturated rings. The monoisotopic (exact) mass is 277 g/mol. The maximum absolute atomic E-state index is 12.2. The molecule has 3 nitrogen and oxygen atoms in total. The van der Waals surface area contributed by atoms with E-state index in [9.17, 15) is 4.79 Å². The Kier molecular flexibility index (Phi) is 5.06. The molecular formula is C11H20BrNO2. The van der Waals surface area contributed by atoms with Crippen LogP contribution in [0.15, 0.2) is 0 Å². The van der Waals surface area contributed by atoms with Gasteiger partial charge >= 0.3 is 0 Å². The van der Waals surface area contributed by atoms with Gasteiger partial charge in [0.1, 0.15) is 0 Å². The average Bonchev–Trinajstić information content (AvgIpc) is 2.26. The third kappa shape index (κ3) is 3.18. The molecule has 88 valence electrons. The number of alkyl halides is 1. The zero-order valence-electron chi connectivity index (χ0n) is 9.70. The van der Waals surface area contributed by atoms with Crippen molar-refractivity contribution in [3.63, 3.8) is 0 Å². The fourth-order valence-electron chi connectivity index (χ4n) is 1.62. The number of nitrogens with zero attached hydrogens (tertiary/aromatic N) is 1. The second-order valence-electron chi connectivity index (χ2n) is 4.45. The van der Waals surface area contributed by atoms with Crippen LogP contribution < -0.4 is 0 Å². The average molecular weight is 278 g/mol. The number of ether oxygens (including phenoxy) is 1. The molecule has 1 aliphatic rings. The van der Waals surface area contributed by atoms with Gasteiger partial charge in [0.15, 0.2) is 0 Å². The van der Waals surface area contributed by atoms with Crippen molar-refractivity contribution < 1.29 is 9.53 Å². The summed E-state index contributed by atoms with van der Waals surface area (Å²) in [7, 11) is 0. The Morgan fingerprint density at radius 3 is 2.73 bits per heavy atom. The van der Waals surface area contributed by atoms with Gasteiger partial charge in [-0.1, -0.05) is 36.7 Å². The molecule has 1 rings (SSSR count). The first-order valence-electron chi connectivity index (χ1n) is 5.52. The molecule has 15 heavy (non-hydrogen) atoms. The van der Waals surface area contributed by atoms with Crippen molar-refractivity contribution >= 4 is 21.8 Å². The van der Waals surface area contributed by atoms with Crippen molar-refractivity contribution in [3.05, 3.63) is 0 Å². The highest BCUT2D eigenvalue weighted by atomic mass is 79.9. The first kappa shape index (κ1) is 13.0. The van der Waals surface area contributed by atoms with Crippen LogP contribution in [0.5, 0.6) is 0 Å². The Morgan fingerprint density at radius 2 is 2.20 bits per heavy atom. The smallest absolute Gasteiger partial charge is 0.226 e. The minimum Gasteiger partial charge on any atom is -0.377 e. The van der Waals surface area contributed by atoms with Crippen LogP contribution in [0.3, 0.4) is 0 Å². The number of carbonyl (C=O) groups excluding carboxylic acids is 1. The Labute approximate surface area is 100 Å². The lowest BCUT2D eigenvalue weighted by atomic mass is 9.96. The van der Waals surface area contributed by atoms with Crippen LogP contribution in [-0.4, -0.2) is 41.9 Å². The molecule has 0 aliphatic carbocycles. The molecule has 0 aromatic heterocycles. The maximum Gasteiger partial charge on any atom is 0.226 e. The Balaban J connectivity index is 2.63. The number of amides is 1. The number of hydrogen-bond donors (Lipinski definition) is 0. The molecule has 1 saturated heterocycles. The van der Waals surface area contributed by atoms with E-state index in [1.165, 1.54) is 0 Å². The van der Waals surface area contributed by atoms with Crippen molar-refractivity contribution in [3.8, 4) is 0 Å². The fourth-order valence-corrected chi connectivity index (χ4v) is 2.16. The fraction of sp³-hybridized carbons (Fsp3) is 0.909. The molecule has 4 heteroatoms.